The van der Waals surface area contributed by atoms with Gasteiger partial charge >= 0.3 is 0 Å². The van der Waals surface area contributed by atoms with Gasteiger partial charge in [0.15, 0.2) is 0 Å². The van der Waals surface area contributed by atoms with Crippen LogP contribution in [0.25, 0.3) is 0 Å². The number of anilines is 1. The van der Waals surface area contributed by atoms with Crippen molar-refractivity contribution in [2.45, 2.75) is 20.3 Å². The Morgan fingerprint density at radius 3 is 2.25 bits per heavy atom. The second kappa shape index (κ2) is 6.75. The van der Waals surface area contributed by atoms with Crippen molar-refractivity contribution < 1.29 is 4.79 Å². The van der Waals surface area contributed by atoms with Crippen LogP contribution in [0.2, 0.25) is 0 Å². The smallest absolute Gasteiger partial charge is 0.225 e. The second-order valence-corrected chi connectivity index (χ2v) is 5.67. The number of benzene rings is 1. The van der Waals surface area contributed by atoms with Crippen molar-refractivity contribution in [3.8, 4) is 0 Å². The molecule has 0 unspecified atom stereocenters. The summed E-state index contributed by atoms with van der Waals surface area (Å²) in [7, 11) is 0. The maximum atomic E-state index is 12.0. The number of nitrogens with two attached hydrogens (primary N) is 1. The molecule has 4 nitrogen and oxygen atoms in total. The number of carbonyl (C=O) groups excluding carboxylic acids is 1. The average molecular weight is 275 g/mol. The summed E-state index contributed by atoms with van der Waals surface area (Å²) in [5, 5.41) is 0. The second-order valence-electron chi connectivity index (χ2n) is 5.67. The Bertz CT molecular complexity index is 434. The molecule has 0 saturated carbocycles. The molecule has 0 radical (unpaired) electrons. The van der Waals surface area contributed by atoms with Gasteiger partial charge in [0.25, 0.3) is 0 Å². The molecule has 1 heterocycles. The van der Waals surface area contributed by atoms with Gasteiger partial charge in [0.1, 0.15) is 0 Å². The Hall–Kier alpha value is -1.55. The summed E-state index contributed by atoms with van der Waals surface area (Å²) < 4.78 is 0. The molecule has 2 rings (SSSR count). The van der Waals surface area contributed by atoms with Crippen molar-refractivity contribution in [1.29, 1.82) is 0 Å². The highest BCUT2D eigenvalue weighted by Crippen LogP contribution is 2.18. The summed E-state index contributed by atoms with van der Waals surface area (Å²) in [5.41, 5.74) is 8.08. The Balaban J connectivity index is 1.91. The zero-order valence-corrected chi connectivity index (χ0v) is 12.5. The number of hydrogen-bond donors (Lipinski definition) is 1. The SMILES string of the molecule is CC(C)C(=O)N1CCN(c2ccc(CCN)cc2)CC1. The molecule has 0 bridgehead atoms. The minimum absolute atomic E-state index is 0.0945. The van der Waals surface area contributed by atoms with E-state index in [9.17, 15) is 4.79 Å². The predicted molar refractivity (Wildman–Crippen MR) is 82.8 cm³/mol. The van der Waals surface area contributed by atoms with E-state index in [0.29, 0.717) is 6.54 Å². The van der Waals surface area contributed by atoms with Crippen molar-refractivity contribution >= 4 is 11.6 Å². The van der Waals surface area contributed by atoms with Crippen LogP contribution >= 0.6 is 0 Å². The summed E-state index contributed by atoms with van der Waals surface area (Å²) in [6.07, 6.45) is 0.928. The lowest BCUT2D eigenvalue weighted by Crippen LogP contribution is -2.49. The van der Waals surface area contributed by atoms with Crippen LogP contribution in [-0.4, -0.2) is 43.5 Å². The van der Waals surface area contributed by atoms with Gasteiger partial charge in [0, 0.05) is 37.8 Å². The molecule has 1 amide bonds. The van der Waals surface area contributed by atoms with E-state index in [1.54, 1.807) is 0 Å². The minimum atomic E-state index is 0.0945. The van der Waals surface area contributed by atoms with Crippen molar-refractivity contribution in [3.63, 3.8) is 0 Å². The van der Waals surface area contributed by atoms with Gasteiger partial charge in [0.05, 0.1) is 0 Å². The van der Waals surface area contributed by atoms with E-state index < -0.39 is 0 Å². The fourth-order valence-electron chi connectivity index (χ4n) is 2.59. The van der Waals surface area contributed by atoms with Gasteiger partial charge in [0.2, 0.25) is 5.91 Å². The Morgan fingerprint density at radius 2 is 1.75 bits per heavy atom. The number of carbonyl (C=O) groups is 1. The Morgan fingerprint density at radius 1 is 1.15 bits per heavy atom. The van der Waals surface area contributed by atoms with E-state index in [0.717, 1.165) is 32.6 Å². The number of rotatable bonds is 4. The molecule has 0 atom stereocenters. The highest BCUT2D eigenvalue weighted by Gasteiger charge is 2.22. The van der Waals surface area contributed by atoms with Crippen LogP contribution in [0, 0.1) is 5.92 Å². The van der Waals surface area contributed by atoms with Gasteiger partial charge in [-0.1, -0.05) is 26.0 Å². The maximum Gasteiger partial charge on any atom is 0.225 e. The van der Waals surface area contributed by atoms with Gasteiger partial charge in [-0.3, -0.25) is 4.79 Å². The summed E-state index contributed by atoms with van der Waals surface area (Å²) in [5.74, 6) is 0.361. The standard InChI is InChI=1S/C16H25N3O/c1-13(2)16(20)19-11-9-18(10-12-19)15-5-3-14(4-6-15)7-8-17/h3-6,13H,7-12,17H2,1-2H3. The van der Waals surface area contributed by atoms with E-state index in [1.807, 2.05) is 18.7 Å². The van der Waals surface area contributed by atoms with Crippen LogP contribution < -0.4 is 10.6 Å². The van der Waals surface area contributed by atoms with E-state index in [4.69, 9.17) is 5.73 Å². The summed E-state index contributed by atoms with van der Waals surface area (Å²) >= 11 is 0. The quantitative estimate of drug-likeness (QED) is 0.906. The maximum absolute atomic E-state index is 12.0. The Labute approximate surface area is 121 Å². The molecule has 1 aliphatic heterocycles. The molecule has 1 saturated heterocycles. The van der Waals surface area contributed by atoms with E-state index >= 15 is 0 Å². The molecular weight excluding hydrogens is 250 g/mol. The highest BCUT2D eigenvalue weighted by molar-refractivity contribution is 5.78. The predicted octanol–water partition coefficient (Wildman–Crippen LogP) is 1.49. The fraction of sp³-hybridized carbons (Fsp3) is 0.562. The monoisotopic (exact) mass is 275 g/mol. The van der Waals surface area contributed by atoms with Gasteiger partial charge in [-0.05, 0) is 30.7 Å². The molecule has 1 aliphatic rings. The first-order valence-electron chi connectivity index (χ1n) is 7.44. The van der Waals surface area contributed by atoms with Crippen LogP contribution in [0.15, 0.2) is 24.3 Å². The van der Waals surface area contributed by atoms with Crippen molar-refractivity contribution in [1.82, 2.24) is 4.90 Å². The lowest BCUT2D eigenvalue weighted by atomic mass is 10.1. The number of hydrogen-bond acceptors (Lipinski definition) is 3. The van der Waals surface area contributed by atoms with Crippen molar-refractivity contribution in [2.75, 3.05) is 37.6 Å². The van der Waals surface area contributed by atoms with Crippen LogP contribution in [0.5, 0.6) is 0 Å². The first kappa shape index (κ1) is 14.9. The van der Waals surface area contributed by atoms with Gasteiger partial charge < -0.3 is 15.5 Å². The molecule has 1 fully saturated rings. The lowest BCUT2D eigenvalue weighted by Gasteiger charge is -2.37. The zero-order chi connectivity index (χ0) is 14.5. The number of amides is 1. The third-order valence-electron chi connectivity index (χ3n) is 3.82. The van der Waals surface area contributed by atoms with Crippen LogP contribution in [0.1, 0.15) is 19.4 Å². The molecule has 1 aromatic carbocycles. The third-order valence-corrected chi connectivity index (χ3v) is 3.82. The largest absolute Gasteiger partial charge is 0.368 e. The molecule has 0 aliphatic carbocycles. The van der Waals surface area contributed by atoms with Crippen LogP contribution in [-0.2, 0) is 11.2 Å². The normalized spacial score (nSPS) is 15.8. The molecule has 1 aromatic rings. The first-order chi connectivity index (χ1) is 9.61. The summed E-state index contributed by atoms with van der Waals surface area (Å²) in [6, 6.07) is 8.61. The van der Waals surface area contributed by atoms with Crippen molar-refractivity contribution in [2.24, 2.45) is 11.7 Å². The Kier molecular flexibility index (Phi) is 5.01. The van der Waals surface area contributed by atoms with Crippen molar-refractivity contribution in [3.05, 3.63) is 29.8 Å². The van der Waals surface area contributed by atoms with E-state index in [-0.39, 0.29) is 11.8 Å². The van der Waals surface area contributed by atoms with Gasteiger partial charge in [-0.2, -0.15) is 0 Å². The molecule has 2 N–H and O–H groups in total. The molecule has 0 spiro atoms. The summed E-state index contributed by atoms with van der Waals surface area (Å²) in [4.78, 5) is 16.3. The minimum Gasteiger partial charge on any atom is -0.368 e. The molecule has 4 heteroatoms. The van der Waals surface area contributed by atoms with Crippen LogP contribution in [0.3, 0.4) is 0 Å². The van der Waals surface area contributed by atoms with Gasteiger partial charge in [-0.15, -0.1) is 0 Å². The van der Waals surface area contributed by atoms with E-state index in [1.165, 1.54) is 11.3 Å². The zero-order valence-electron chi connectivity index (χ0n) is 12.5. The van der Waals surface area contributed by atoms with Gasteiger partial charge in [-0.25, -0.2) is 0 Å². The fourth-order valence-corrected chi connectivity index (χ4v) is 2.59. The molecular formula is C16H25N3O. The summed E-state index contributed by atoms with van der Waals surface area (Å²) in [6.45, 7) is 8.08. The van der Waals surface area contributed by atoms with Crippen LogP contribution in [0.4, 0.5) is 5.69 Å². The number of nitrogens with zero attached hydrogens (tertiary/aromatic N) is 2. The molecule has 110 valence electrons. The molecule has 20 heavy (non-hydrogen) atoms. The molecule has 0 aromatic heterocycles. The number of piperazine rings is 1. The lowest BCUT2D eigenvalue weighted by molar-refractivity contribution is -0.134. The highest BCUT2D eigenvalue weighted by atomic mass is 16.2. The first-order valence-corrected chi connectivity index (χ1v) is 7.44. The van der Waals surface area contributed by atoms with E-state index in [2.05, 4.69) is 29.2 Å². The third kappa shape index (κ3) is 3.51. The average Bonchev–Trinajstić information content (AvgIpc) is 2.48. The topological polar surface area (TPSA) is 49.6 Å².